The molecule has 1 aromatic carbocycles. The Balaban J connectivity index is 2.19. The molecule has 2 rings (SSSR count). The Hall–Kier alpha value is -1.20. The Morgan fingerprint density at radius 2 is 2.22 bits per heavy atom. The van der Waals surface area contributed by atoms with Crippen LogP contribution in [0, 0.1) is 5.82 Å². The highest BCUT2D eigenvalue weighted by Gasteiger charge is 2.13. The van der Waals surface area contributed by atoms with Gasteiger partial charge in [0.15, 0.2) is 17.3 Å². The van der Waals surface area contributed by atoms with Crippen LogP contribution in [0.5, 0.6) is 5.75 Å². The van der Waals surface area contributed by atoms with E-state index in [1.54, 1.807) is 6.07 Å². The summed E-state index contributed by atoms with van der Waals surface area (Å²) in [5, 5.41) is 1.90. The fourth-order valence-electron chi connectivity index (χ4n) is 1.54. The standard InChI is InChI=1S/C13H10BrFO2S/c1-17-12-3-2-8(6-10(12)15)11(16)7-13-9(14)4-5-18-13/h2-6H,7H2,1H3. The average molecular weight is 329 g/mol. The Bertz CT molecular complexity index is 580. The third-order valence-corrected chi connectivity index (χ3v) is 4.41. The summed E-state index contributed by atoms with van der Waals surface area (Å²) in [6, 6.07) is 6.14. The smallest absolute Gasteiger partial charge is 0.168 e. The van der Waals surface area contributed by atoms with Crippen LogP contribution in [0.4, 0.5) is 4.39 Å². The summed E-state index contributed by atoms with van der Waals surface area (Å²) in [6.07, 6.45) is 0.268. The highest BCUT2D eigenvalue weighted by Crippen LogP contribution is 2.25. The number of Topliss-reactive ketones (excluding diaryl/α,β-unsaturated/α-hetero) is 1. The van der Waals surface area contributed by atoms with Crippen molar-refractivity contribution in [3.63, 3.8) is 0 Å². The van der Waals surface area contributed by atoms with E-state index in [0.29, 0.717) is 5.56 Å². The molecule has 0 aliphatic rings. The molecule has 0 bridgehead atoms. The molecule has 0 aliphatic carbocycles. The minimum absolute atomic E-state index is 0.111. The van der Waals surface area contributed by atoms with Crippen LogP contribution in [-0.2, 0) is 6.42 Å². The first-order valence-electron chi connectivity index (χ1n) is 5.20. The maximum absolute atomic E-state index is 13.5. The molecule has 1 aromatic heterocycles. The predicted molar refractivity (Wildman–Crippen MR) is 73.0 cm³/mol. The van der Waals surface area contributed by atoms with Gasteiger partial charge in [-0.05, 0) is 45.6 Å². The molecule has 2 nitrogen and oxygen atoms in total. The largest absolute Gasteiger partial charge is 0.494 e. The molecule has 0 amide bonds. The first kappa shape index (κ1) is 13.2. The van der Waals surface area contributed by atoms with E-state index in [0.717, 1.165) is 9.35 Å². The fourth-order valence-corrected chi connectivity index (χ4v) is 3.03. The highest BCUT2D eigenvalue weighted by atomic mass is 79.9. The summed E-state index contributed by atoms with van der Waals surface area (Å²) in [4.78, 5) is 12.9. The van der Waals surface area contributed by atoms with Crippen LogP contribution in [-0.4, -0.2) is 12.9 Å². The lowest BCUT2D eigenvalue weighted by atomic mass is 10.1. The first-order chi connectivity index (χ1) is 8.61. The van der Waals surface area contributed by atoms with Gasteiger partial charge in [0, 0.05) is 21.3 Å². The third-order valence-electron chi connectivity index (χ3n) is 2.49. The van der Waals surface area contributed by atoms with Gasteiger partial charge >= 0.3 is 0 Å². The molecule has 0 fully saturated rings. The van der Waals surface area contributed by atoms with Gasteiger partial charge in [-0.15, -0.1) is 11.3 Å². The molecule has 0 spiro atoms. The molecule has 0 unspecified atom stereocenters. The van der Waals surface area contributed by atoms with E-state index in [2.05, 4.69) is 15.9 Å². The van der Waals surface area contributed by atoms with Crippen molar-refractivity contribution in [2.45, 2.75) is 6.42 Å². The summed E-state index contributed by atoms with van der Waals surface area (Å²) in [7, 11) is 1.39. The van der Waals surface area contributed by atoms with Crippen LogP contribution in [0.1, 0.15) is 15.2 Å². The third kappa shape index (κ3) is 2.79. The van der Waals surface area contributed by atoms with E-state index >= 15 is 0 Å². The van der Waals surface area contributed by atoms with Gasteiger partial charge in [-0.3, -0.25) is 4.79 Å². The van der Waals surface area contributed by atoms with Gasteiger partial charge in [0.25, 0.3) is 0 Å². The summed E-state index contributed by atoms with van der Waals surface area (Å²) < 4.78 is 19.2. The number of carbonyl (C=O) groups excluding carboxylic acids is 1. The zero-order valence-electron chi connectivity index (χ0n) is 9.57. The number of methoxy groups -OCH3 is 1. The van der Waals surface area contributed by atoms with Gasteiger partial charge in [0.05, 0.1) is 7.11 Å². The minimum atomic E-state index is -0.520. The van der Waals surface area contributed by atoms with Crippen molar-refractivity contribution >= 4 is 33.0 Å². The van der Waals surface area contributed by atoms with Crippen molar-refractivity contribution in [1.29, 1.82) is 0 Å². The Kier molecular flexibility index (Phi) is 4.14. The molecule has 5 heteroatoms. The summed E-state index contributed by atoms with van der Waals surface area (Å²) >= 11 is 4.87. The SMILES string of the molecule is COc1ccc(C(=O)Cc2sccc2Br)cc1F. The van der Waals surface area contributed by atoms with Crippen LogP contribution in [0.15, 0.2) is 34.1 Å². The molecule has 0 radical (unpaired) electrons. The molecular weight excluding hydrogens is 319 g/mol. The quantitative estimate of drug-likeness (QED) is 0.790. The molecule has 0 N–H and O–H groups in total. The van der Waals surface area contributed by atoms with Crippen LogP contribution in [0.25, 0.3) is 0 Å². The van der Waals surface area contributed by atoms with Crippen LogP contribution in [0.2, 0.25) is 0 Å². The van der Waals surface area contributed by atoms with Crippen molar-refractivity contribution in [2.75, 3.05) is 7.11 Å². The molecule has 0 saturated heterocycles. The Morgan fingerprint density at radius 3 is 2.78 bits per heavy atom. The van der Waals surface area contributed by atoms with Crippen LogP contribution in [0.3, 0.4) is 0 Å². The lowest BCUT2D eigenvalue weighted by molar-refractivity contribution is 0.0993. The second kappa shape index (κ2) is 5.63. The van der Waals surface area contributed by atoms with E-state index in [1.807, 2.05) is 11.4 Å². The van der Waals surface area contributed by atoms with Crippen molar-refractivity contribution in [3.05, 3.63) is 50.4 Å². The monoisotopic (exact) mass is 328 g/mol. The van der Waals surface area contributed by atoms with Gasteiger partial charge in [-0.2, -0.15) is 0 Å². The number of carbonyl (C=O) groups is 1. The van der Waals surface area contributed by atoms with Gasteiger partial charge in [0.2, 0.25) is 0 Å². The Labute approximate surface area is 117 Å². The normalized spacial score (nSPS) is 10.4. The maximum atomic E-state index is 13.5. The molecular formula is C13H10BrFO2S. The summed E-state index contributed by atoms with van der Waals surface area (Å²) in [5.41, 5.74) is 0.355. The molecule has 1 heterocycles. The topological polar surface area (TPSA) is 26.3 Å². The number of hydrogen-bond acceptors (Lipinski definition) is 3. The van der Waals surface area contributed by atoms with Gasteiger partial charge in [-0.1, -0.05) is 0 Å². The van der Waals surface area contributed by atoms with Crippen LogP contribution < -0.4 is 4.74 Å². The van der Waals surface area contributed by atoms with Gasteiger partial charge < -0.3 is 4.74 Å². The van der Waals surface area contributed by atoms with Crippen molar-refractivity contribution in [2.24, 2.45) is 0 Å². The van der Waals surface area contributed by atoms with E-state index < -0.39 is 5.82 Å². The minimum Gasteiger partial charge on any atom is -0.494 e. The second-order valence-corrected chi connectivity index (χ2v) is 5.50. The highest BCUT2D eigenvalue weighted by molar-refractivity contribution is 9.10. The molecule has 0 aliphatic heterocycles. The summed E-state index contributed by atoms with van der Waals surface area (Å²) in [5.74, 6) is -0.489. The average Bonchev–Trinajstić information content (AvgIpc) is 2.75. The molecule has 18 heavy (non-hydrogen) atoms. The predicted octanol–water partition coefficient (Wildman–Crippen LogP) is 4.08. The second-order valence-electron chi connectivity index (χ2n) is 3.64. The fraction of sp³-hybridized carbons (Fsp3) is 0.154. The van der Waals surface area contributed by atoms with Crippen molar-refractivity contribution < 1.29 is 13.9 Å². The number of rotatable bonds is 4. The molecule has 2 aromatic rings. The number of ketones is 1. The molecule has 0 atom stereocenters. The first-order valence-corrected chi connectivity index (χ1v) is 6.87. The number of benzene rings is 1. The van der Waals surface area contributed by atoms with E-state index in [4.69, 9.17) is 4.74 Å². The maximum Gasteiger partial charge on any atom is 0.168 e. The lowest BCUT2D eigenvalue weighted by Gasteiger charge is -2.04. The molecule has 94 valence electrons. The van der Waals surface area contributed by atoms with E-state index in [-0.39, 0.29) is 18.0 Å². The van der Waals surface area contributed by atoms with Crippen LogP contribution >= 0.6 is 27.3 Å². The number of halogens is 2. The lowest BCUT2D eigenvalue weighted by Crippen LogP contribution is -2.03. The van der Waals surface area contributed by atoms with E-state index in [1.165, 1.54) is 30.6 Å². The van der Waals surface area contributed by atoms with Crippen molar-refractivity contribution in [3.8, 4) is 5.75 Å². The zero-order valence-corrected chi connectivity index (χ0v) is 12.0. The van der Waals surface area contributed by atoms with Gasteiger partial charge in [-0.25, -0.2) is 4.39 Å². The zero-order chi connectivity index (χ0) is 13.1. The number of hydrogen-bond donors (Lipinski definition) is 0. The van der Waals surface area contributed by atoms with Crippen molar-refractivity contribution in [1.82, 2.24) is 0 Å². The van der Waals surface area contributed by atoms with E-state index in [9.17, 15) is 9.18 Å². The number of ether oxygens (including phenoxy) is 1. The summed E-state index contributed by atoms with van der Waals surface area (Å²) in [6.45, 7) is 0. The molecule has 0 saturated carbocycles. The number of thiophene rings is 1. The Morgan fingerprint density at radius 1 is 1.44 bits per heavy atom. The van der Waals surface area contributed by atoms with Gasteiger partial charge in [0.1, 0.15) is 0 Å².